The van der Waals surface area contributed by atoms with Crippen LogP contribution in [0.3, 0.4) is 0 Å². The van der Waals surface area contributed by atoms with Crippen LogP contribution in [0.4, 0.5) is 5.13 Å². The maximum atomic E-state index is 12.6. The number of imidazole rings is 1. The van der Waals surface area contributed by atoms with Crippen LogP contribution < -0.4 is 10.1 Å². The van der Waals surface area contributed by atoms with E-state index in [1.807, 2.05) is 5.38 Å². The van der Waals surface area contributed by atoms with Crippen molar-refractivity contribution < 1.29 is 14.3 Å². The Morgan fingerprint density at radius 2 is 2.28 bits per heavy atom. The first-order valence-corrected chi connectivity index (χ1v) is 8.98. The minimum absolute atomic E-state index is 0.231. The summed E-state index contributed by atoms with van der Waals surface area (Å²) in [6, 6.07) is 3.57. The lowest BCUT2D eigenvalue weighted by molar-refractivity contribution is 0.0846. The predicted octanol–water partition coefficient (Wildman–Crippen LogP) is 2.95. The molecule has 0 atom stereocenters. The quantitative estimate of drug-likeness (QED) is 0.776. The molecule has 0 aliphatic carbocycles. The highest BCUT2D eigenvalue weighted by atomic mass is 32.1. The fourth-order valence-corrected chi connectivity index (χ4v) is 3.73. The number of carbonyl (C=O) groups excluding carboxylic acids is 1. The number of carbonyl (C=O) groups is 1. The van der Waals surface area contributed by atoms with Gasteiger partial charge in [0, 0.05) is 36.8 Å². The van der Waals surface area contributed by atoms with E-state index in [1.165, 1.54) is 11.3 Å². The van der Waals surface area contributed by atoms with Crippen LogP contribution in [0.15, 0.2) is 29.9 Å². The third kappa shape index (κ3) is 3.22. The number of pyridine rings is 1. The summed E-state index contributed by atoms with van der Waals surface area (Å²) in [4.78, 5) is 21.4. The van der Waals surface area contributed by atoms with Crippen molar-refractivity contribution >= 4 is 28.0 Å². The lowest BCUT2D eigenvalue weighted by atomic mass is 9.98. The summed E-state index contributed by atoms with van der Waals surface area (Å²) < 4.78 is 12.3. The van der Waals surface area contributed by atoms with E-state index in [-0.39, 0.29) is 5.91 Å². The van der Waals surface area contributed by atoms with Crippen LogP contribution in [-0.4, -0.2) is 40.6 Å². The van der Waals surface area contributed by atoms with Gasteiger partial charge in [-0.25, -0.2) is 9.97 Å². The molecule has 1 aliphatic heterocycles. The summed E-state index contributed by atoms with van der Waals surface area (Å²) in [6.07, 6.45) is 5.28. The molecule has 1 fully saturated rings. The van der Waals surface area contributed by atoms with E-state index >= 15 is 0 Å². The monoisotopic (exact) mass is 358 g/mol. The molecular weight excluding hydrogens is 340 g/mol. The summed E-state index contributed by atoms with van der Waals surface area (Å²) in [7, 11) is 1.60. The number of methoxy groups -OCH3 is 1. The van der Waals surface area contributed by atoms with E-state index < -0.39 is 0 Å². The van der Waals surface area contributed by atoms with Crippen LogP contribution in [0, 0.1) is 0 Å². The molecule has 0 radical (unpaired) electrons. The molecule has 7 nitrogen and oxygen atoms in total. The molecule has 0 bridgehead atoms. The third-order valence-corrected chi connectivity index (χ3v) is 5.11. The van der Waals surface area contributed by atoms with Crippen LogP contribution in [0.5, 0.6) is 5.75 Å². The second-order valence-electron chi connectivity index (χ2n) is 5.86. The lowest BCUT2D eigenvalue weighted by Gasteiger charge is -2.19. The number of rotatable bonds is 4. The second-order valence-corrected chi connectivity index (χ2v) is 6.71. The summed E-state index contributed by atoms with van der Waals surface area (Å²) in [6.45, 7) is 1.55. The zero-order chi connectivity index (χ0) is 17.2. The van der Waals surface area contributed by atoms with Gasteiger partial charge >= 0.3 is 0 Å². The molecule has 0 unspecified atom stereocenters. The largest absolute Gasteiger partial charge is 0.497 e. The van der Waals surface area contributed by atoms with E-state index in [0.29, 0.717) is 28.1 Å². The number of hydrogen-bond donors (Lipinski definition) is 1. The van der Waals surface area contributed by atoms with Gasteiger partial charge in [0.1, 0.15) is 17.1 Å². The molecule has 1 N–H and O–H groups in total. The Morgan fingerprint density at radius 1 is 1.44 bits per heavy atom. The fraction of sp³-hybridized carbons (Fsp3) is 0.353. The number of aromatic nitrogens is 3. The van der Waals surface area contributed by atoms with Crippen molar-refractivity contribution in [3.63, 3.8) is 0 Å². The van der Waals surface area contributed by atoms with Crippen molar-refractivity contribution in [3.05, 3.63) is 41.3 Å². The fourth-order valence-electron chi connectivity index (χ4n) is 2.94. The molecule has 3 aromatic rings. The van der Waals surface area contributed by atoms with E-state index in [2.05, 4.69) is 15.3 Å². The zero-order valence-corrected chi connectivity index (χ0v) is 14.6. The molecular formula is C17H18N4O3S. The number of anilines is 1. The zero-order valence-electron chi connectivity index (χ0n) is 13.8. The molecule has 4 heterocycles. The van der Waals surface area contributed by atoms with Gasteiger partial charge in [-0.05, 0) is 18.9 Å². The maximum Gasteiger partial charge on any atom is 0.276 e. The van der Waals surface area contributed by atoms with Gasteiger partial charge in [0.15, 0.2) is 5.13 Å². The highest BCUT2D eigenvalue weighted by molar-refractivity contribution is 7.14. The topological polar surface area (TPSA) is 77.8 Å². The van der Waals surface area contributed by atoms with Crippen LogP contribution in [0.25, 0.3) is 5.65 Å². The van der Waals surface area contributed by atoms with Crippen molar-refractivity contribution in [1.29, 1.82) is 0 Å². The molecule has 0 aromatic carbocycles. The molecule has 1 amide bonds. The summed E-state index contributed by atoms with van der Waals surface area (Å²) in [5, 5.41) is 5.49. The van der Waals surface area contributed by atoms with E-state index in [1.54, 1.807) is 36.0 Å². The number of thiazole rings is 1. The number of amides is 1. The lowest BCUT2D eigenvalue weighted by Crippen LogP contribution is -2.16. The minimum Gasteiger partial charge on any atom is -0.497 e. The van der Waals surface area contributed by atoms with Gasteiger partial charge in [0.2, 0.25) is 0 Å². The van der Waals surface area contributed by atoms with Crippen molar-refractivity contribution in [1.82, 2.24) is 14.4 Å². The SMILES string of the molecule is COc1ccn2c(C(=O)Nc3nc(C4CCOCC4)cs3)cnc2c1. The van der Waals surface area contributed by atoms with Gasteiger partial charge in [-0.15, -0.1) is 11.3 Å². The molecule has 0 saturated carbocycles. The minimum atomic E-state index is -0.231. The van der Waals surface area contributed by atoms with E-state index in [9.17, 15) is 4.79 Å². The number of hydrogen-bond acceptors (Lipinski definition) is 6. The summed E-state index contributed by atoms with van der Waals surface area (Å²) in [5.74, 6) is 0.885. The first kappa shape index (κ1) is 16.0. The van der Waals surface area contributed by atoms with E-state index in [0.717, 1.165) is 31.7 Å². The molecule has 8 heteroatoms. The highest BCUT2D eigenvalue weighted by Crippen LogP contribution is 2.29. The van der Waals surface area contributed by atoms with Crippen molar-refractivity contribution in [3.8, 4) is 5.75 Å². The number of nitrogens with one attached hydrogen (secondary N) is 1. The van der Waals surface area contributed by atoms with Crippen LogP contribution >= 0.6 is 11.3 Å². The molecule has 25 heavy (non-hydrogen) atoms. The van der Waals surface area contributed by atoms with Crippen LogP contribution in [0.1, 0.15) is 34.9 Å². The smallest absolute Gasteiger partial charge is 0.276 e. The number of nitrogens with zero attached hydrogens (tertiary/aromatic N) is 3. The molecule has 1 aliphatic rings. The average Bonchev–Trinajstić information content (AvgIpc) is 3.28. The van der Waals surface area contributed by atoms with Gasteiger partial charge in [-0.2, -0.15) is 0 Å². The average molecular weight is 358 g/mol. The predicted molar refractivity (Wildman–Crippen MR) is 94.6 cm³/mol. The standard InChI is InChI=1S/C17H18N4O3S/c1-23-12-2-5-21-14(9-18-15(21)8-12)16(22)20-17-19-13(10-25-17)11-3-6-24-7-4-11/h2,5,8-11H,3-4,6-7H2,1H3,(H,19,20,22). The van der Waals surface area contributed by atoms with Gasteiger partial charge in [0.05, 0.1) is 19.0 Å². The molecule has 4 rings (SSSR count). The van der Waals surface area contributed by atoms with Gasteiger partial charge < -0.3 is 9.47 Å². The molecule has 1 saturated heterocycles. The van der Waals surface area contributed by atoms with Gasteiger partial charge in [0.25, 0.3) is 5.91 Å². The van der Waals surface area contributed by atoms with Crippen molar-refractivity contribution in [2.45, 2.75) is 18.8 Å². The highest BCUT2D eigenvalue weighted by Gasteiger charge is 2.20. The van der Waals surface area contributed by atoms with Gasteiger partial charge in [-0.1, -0.05) is 0 Å². The Bertz CT molecular complexity index is 898. The molecule has 3 aromatic heterocycles. The molecule has 0 spiro atoms. The Labute approximate surface area is 148 Å². The van der Waals surface area contributed by atoms with Gasteiger partial charge in [-0.3, -0.25) is 14.5 Å². The van der Waals surface area contributed by atoms with Crippen LogP contribution in [-0.2, 0) is 4.74 Å². The first-order valence-electron chi connectivity index (χ1n) is 8.10. The second kappa shape index (κ2) is 6.81. The molecule has 130 valence electrons. The van der Waals surface area contributed by atoms with Crippen molar-refractivity contribution in [2.75, 3.05) is 25.6 Å². The van der Waals surface area contributed by atoms with Crippen LogP contribution in [0.2, 0.25) is 0 Å². The third-order valence-electron chi connectivity index (χ3n) is 4.34. The Kier molecular flexibility index (Phi) is 4.37. The van der Waals surface area contributed by atoms with E-state index in [4.69, 9.17) is 9.47 Å². The number of fused-ring (bicyclic) bond motifs is 1. The van der Waals surface area contributed by atoms with Crippen molar-refractivity contribution in [2.24, 2.45) is 0 Å². The first-order chi connectivity index (χ1) is 12.2. The maximum absolute atomic E-state index is 12.6. The Balaban J connectivity index is 1.51. The summed E-state index contributed by atoms with van der Waals surface area (Å²) >= 11 is 1.45. The Morgan fingerprint density at radius 3 is 3.08 bits per heavy atom. The Hall–Kier alpha value is -2.45. The normalized spacial score (nSPS) is 15.4. The summed E-state index contributed by atoms with van der Waals surface area (Å²) in [5.41, 5.74) is 2.15. The number of ether oxygens (including phenoxy) is 2.